The highest BCUT2D eigenvalue weighted by Gasteiger charge is 2.24. The summed E-state index contributed by atoms with van der Waals surface area (Å²) in [5.74, 6) is 0.557. The number of ether oxygens (including phenoxy) is 1. The normalized spacial score (nSPS) is 13.5. The molecular formula is C23H23N3O3S. The van der Waals surface area contributed by atoms with Crippen molar-refractivity contribution in [3.63, 3.8) is 0 Å². The van der Waals surface area contributed by atoms with E-state index in [0.717, 1.165) is 17.5 Å². The Kier molecular flexibility index (Phi) is 6.09. The van der Waals surface area contributed by atoms with Crippen molar-refractivity contribution in [1.82, 2.24) is 4.98 Å². The van der Waals surface area contributed by atoms with Crippen molar-refractivity contribution in [1.29, 1.82) is 0 Å². The van der Waals surface area contributed by atoms with Gasteiger partial charge in [-0.15, -0.1) is 11.3 Å². The Morgan fingerprint density at radius 3 is 2.83 bits per heavy atom. The minimum absolute atomic E-state index is 0.0974. The quantitative estimate of drug-likeness (QED) is 0.616. The van der Waals surface area contributed by atoms with Gasteiger partial charge in [-0.3, -0.25) is 14.5 Å². The zero-order valence-electron chi connectivity index (χ0n) is 16.8. The third-order valence-corrected chi connectivity index (χ3v) is 5.75. The molecule has 0 aliphatic carbocycles. The summed E-state index contributed by atoms with van der Waals surface area (Å²) in [7, 11) is 0. The fourth-order valence-corrected chi connectivity index (χ4v) is 4.17. The highest BCUT2D eigenvalue weighted by Crippen LogP contribution is 2.28. The van der Waals surface area contributed by atoms with Gasteiger partial charge in [-0.1, -0.05) is 36.4 Å². The van der Waals surface area contributed by atoms with Crippen molar-refractivity contribution in [3.8, 4) is 5.75 Å². The molecule has 1 saturated heterocycles. The SMILES string of the molecule is Cc1ccc(NC(=O)Cc2csc(N3CCCC3=O)n2)c(OCc2ccccc2)c1. The van der Waals surface area contributed by atoms with Gasteiger partial charge in [0.25, 0.3) is 0 Å². The van der Waals surface area contributed by atoms with E-state index in [0.29, 0.717) is 41.8 Å². The van der Waals surface area contributed by atoms with Crippen LogP contribution >= 0.6 is 11.3 Å². The maximum Gasteiger partial charge on any atom is 0.230 e. The van der Waals surface area contributed by atoms with E-state index in [9.17, 15) is 9.59 Å². The molecule has 1 fully saturated rings. The Hall–Kier alpha value is -3.19. The second-order valence-electron chi connectivity index (χ2n) is 7.27. The van der Waals surface area contributed by atoms with Gasteiger partial charge in [-0.2, -0.15) is 0 Å². The Bertz CT molecular complexity index is 1050. The van der Waals surface area contributed by atoms with Crippen molar-refractivity contribution in [2.75, 3.05) is 16.8 Å². The van der Waals surface area contributed by atoms with Gasteiger partial charge in [-0.05, 0) is 36.6 Å². The number of nitrogens with zero attached hydrogens (tertiary/aromatic N) is 2. The first-order valence-electron chi connectivity index (χ1n) is 9.90. The Morgan fingerprint density at radius 2 is 2.07 bits per heavy atom. The second-order valence-corrected chi connectivity index (χ2v) is 8.11. The number of benzene rings is 2. The van der Waals surface area contributed by atoms with E-state index < -0.39 is 0 Å². The van der Waals surface area contributed by atoms with Gasteiger partial charge in [0, 0.05) is 18.3 Å². The van der Waals surface area contributed by atoms with Gasteiger partial charge >= 0.3 is 0 Å². The topological polar surface area (TPSA) is 71.5 Å². The minimum atomic E-state index is -0.173. The molecule has 2 amide bonds. The molecule has 2 aromatic carbocycles. The maximum absolute atomic E-state index is 12.6. The zero-order chi connectivity index (χ0) is 20.9. The summed E-state index contributed by atoms with van der Waals surface area (Å²) in [6.07, 6.45) is 1.56. The number of hydrogen-bond acceptors (Lipinski definition) is 5. The number of amides is 2. The Balaban J connectivity index is 1.40. The number of carbonyl (C=O) groups excluding carboxylic acids is 2. The summed E-state index contributed by atoms with van der Waals surface area (Å²) < 4.78 is 5.97. The van der Waals surface area contributed by atoms with Crippen LogP contribution in [0.15, 0.2) is 53.9 Å². The predicted molar refractivity (Wildman–Crippen MR) is 118 cm³/mol. The number of aromatic nitrogens is 1. The smallest absolute Gasteiger partial charge is 0.230 e. The Morgan fingerprint density at radius 1 is 1.23 bits per heavy atom. The van der Waals surface area contributed by atoms with E-state index in [-0.39, 0.29) is 18.2 Å². The molecule has 0 bridgehead atoms. The Labute approximate surface area is 179 Å². The molecule has 154 valence electrons. The third kappa shape index (κ3) is 4.86. The molecule has 0 saturated carbocycles. The van der Waals surface area contributed by atoms with Crippen molar-refractivity contribution in [3.05, 3.63) is 70.7 Å². The molecule has 6 nitrogen and oxygen atoms in total. The van der Waals surface area contributed by atoms with Crippen LogP contribution < -0.4 is 15.0 Å². The lowest BCUT2D eigenvalue weighted by atomic mass is 10.2. The number of rotatable bonds is 7. The molecule has 1 N–H and O–H groups in total. The molecule has 1 aromatic heterocycles. The van der Waals surface area contributed by atoms with Crippen molar-refractivity contribution in [2.45, 2.75) is 32.8 Å². The summed E-state index contributed by atoms with van der Waals surface area (Å²) in [6.45, 7) is 3.10. The fraction of sp³-hybridized carbons (Fsp3) is 0.261. The van der Waals surface area contributed by atoms with E-state index in [1.165, 1.54) is 11.3 Å². The average molecular weight is 422 g/mol. The number of aryl methyl sites for hydroxylation is 1. The van der Waals surface area contributed by atoms with Crippen LogP contribution in [-0.4, -0.2) is 23.3 Å². The van der Waals surface area contributed by atoms with Gasteiger partial charge in [0.05, 0.1) is 17.8 Å². The molecule has 1 aliphatic heterocycles. The van der Waals surface area contributed by atoms with Gasteiger partial charge in [-0.25, -0.2) is 4.98 Å². The average Bonchev–Trinajstić information content (AvgIpc) is 3.37. The summed E-state index contributed by atoms with van der Waals surface area (Å²) in [6, 6.07) is 15.6. The van der Waals surface area contributed by atoms with Crippen molar-refractivity contribution in [2.24, 2.45) is 0 Å². The molecule has 0 unspecified atom stereocenters. The molecule has 3 aromatic rings. The van der Waals surface area contributed by atoms with E-state index in [1.54, 1.807) is 4.90 Å². The lowest BCUT2D eigenvalue weighted by molar-refractivity contribution is -0.117. The molecule has 0 atom stereocenters. The summed E-state index contributed by atoms with van der Waals surface area (Å²) >= 11 is 1.40. The van der Waals surface area contributed by atoms with Crippen molar-refractivity contribution >= 4 is 34.0 Å². The number of carbonyl (C=O) groups is 2. The van der Waals surface area contributed by atoms with E-state index in [4.69, 9.17) is 4.74 Å². The summed E-state index contributed by atoms with van der Waals surface area (Å²) in [4.78, 5) is 30.6. The minimum Gasteiger partial charge on any atom is -0.487 e. The van der Waals surface area contributed by atoms with Gasteiger partial charge in [0.2, 0.25) is 11.8 Å². The molecule has 0 radical (unpaired) electrons. The molecular weight excluding hydrogens is 398 g/mol. The van der Waals surface area contributed by atoms with Crippen LogP contribution in [0.4, 0.5) is 10.8 Å². The second kappa shape index (κ2) is 9.09. The van der Waals surface area contributed by atoms with Gasteiger partial charge in [0.1, 0.15) is 12.4 Å². The number of hydrogen-bond donors (Lipinski definition) is 1. The number of thiazole rings is 1. The molecule has 7 heteroatoms. The predicted octanol–water partition coefficient (Wildman–Crippen LogP) is 4.34. The molecule has 4 rings (SSSR count). The maximum atomic E-state index is 12.6. The van der Waals surface area contributed by atoms with E-state index in [1.807, 2.05) is 60.8 Å². The van der Waals surface area contributed by atoms with Gasteiger partial charge < -0.3 is 10.1 Å². The van der Waals surface area contributed by atoms with Crippen LogP contribution in [0.5, 0.6) is 5.75 Å². The fourth-order valence-electron chi connectivity index (χ4n) is 3.30. The van der Waals surface area contributed by atoms with Crippen LogP contribution in [-0.2, 0) is 22.6 Å². The van der Waals surface area contributed by atoms with Crippen molar-refractivity contribution < 1.29 is 14.3 Å². The third-order valence-electron chi connectivity index (χ3n) is 4.83. The first-order valence-corrected chi connectivity index (χ1v) is 10.8. The standard InChI is InChI=1S/C23H23N3O3S/c1-16-9-10-19(20(12-16)29-14-17-6-3-2-4-7-17)25-21(27)13-18-15-30-23(24-18)26-11-5-8-22(26)28/h2-4,6-7,9-10,12,15H,5,8,11,13-14H2,1H3,(H,25,27). The summed E-state index contributed by atoms with van der Waals surface area (Å²) in [5, 5.41) is 5.44. The molecule has 30 heavy (non-hydrogen) atoms. The van der Waals surface area contributed by atoms with Crippen LogP contribution in [0.25, 0.3) is 0 Å². The van der Waals surface area contributed by atoms with Gasteiger partial charge in [0.15, 0.2) is 5.13 Å². The zero-order valence-corrected chi connectivity index (χ0v) is 17.6. The largest absolute Gasteiger partial charge is 0.487 e. The first kappa shape index (κ1) is 20.1. The monoisotopic (exact) mass is 421 g/mol. The molecule has 1 aliphatic rings. The first-order chi connectivity index (χ1) is 14.6. The van der Waals surface area contributed by atoms with Crippen LogP contribution in [0, 0.1) is 6.92 Å². The molecule has 2 heterocycles. The lowest BCUT2D eigenvalue weighted by Gasteiger charge is -2.13. The molecule has 0 spiro atoms. The number of anilines is 2. The highest BCUT2D eigenvalue weighted by atomic mass is 32.1. The van der Waals surface area contributed by atoms with E-state index >= 15 is 0 Å². The lowest BCUT2D eigenvalue weighted by Crippen LogP contribution is -2.23. The van der Waals surface area contributed by atoms with E-state index in [2.05, 4.69) is 10.3 Å². The highest BCUT2D eigenvalue weighted by molar-refractivity contribution is 7.14. The van der Waals surface area contributed by atoms with Crippen LogP contribution in [0.3, 0.4) is 0 Å². The van der Waals surface area contributed by atoms with Crippen LogP contribution in [0.1, 0.15) is 29.7 Å². The number of nitrogens with one attached hydrogen (secondary N) is 1. The van der Waals surface area contributed by atoms with Crippen LogP contribution in [0.2, 0.25) is 0 Å². The summed E-state index contributed by atoms with van der Waals surface area (Å²) in [5.41, 5.74) is 3.40.